The molecule has 0 aromatic carbocycles. The van der Waals surface area contributed by atoms with E-state index in [9.17, 15) is 13.6 Å². The maximum absolute atomic E-state index is 12.3. The molecule has 0 aliphatic carbocycles. The molecule has 0 unspecified atom stereocenters. The molecule has 0 bridgehead atoms. The predicted molar refractivity (Wildman–Crippen MR) is 69.0 cm³/mol. The molecule has 0 saturated carbocycles. The highest BCUT2D eigenvalue weighted by atomic mass is 79.9. The number of halogens is 3. The van der Waals surface area contributed by atoms with E-state index < -0.39 is 12.0 Å². The van der Waals surface area contributed by atoms with Gasteiger partial charge < -0.3 is 4.74 Å². The molecule has 0 atom stereocenters. The summed E-state index contributed by atoms with van der Waals surface area (Å²) in [5.74, 6) is -0.562. The minimum absolute atomic E-state index is 0.171. The Morgan fingerprint density at radius 2 is 2.26 bits per heavy atom. The van der Waals surface area contributed by atoms with E-state index in [1.165, 1.54) is 16.8 Å². The highest BCUT2D eigenvalue weighted by Crippen LogP contribution is 2.22. The minimum Gasteiger partial charge on any atom is -0.461 e. The van der Waals surface area contributed by atoms with Crippen molar-refractivity contribution in [3.05, 3.63) is 40.1 Å². The van der Waals surface area contributed by atoms with Gasteiger partial charge in [-0.05, 0) is 19.1 Å². The maximum atomic E-state index is 12.3. The molecule has 2 aromatic rings. The number of carbonyl (C=O) groups is 1. The van der Waals surface area contributed by atoms with Crippen LogP contribution in [0.2, 0.25) is 0 Å². The molecule has 100 valence electrons. The number of nitrogens with zero attached hydrogens (tertiary/aromatic N) is 2. The van der Waals surface area contributed by atoms with Crippen LogP contribution in [0.5, 0.6) is 0 Å². The van der Waals surface area contributed by atoms with Crippen LogP contribution >= 0.6 is 15.9 Å². The van der Waals surface area contributed by atoms with Crippen LogP contribution in [0.4, 0.5) is 8.78 Å². The van der Waals surface area contributed by atoms with Gasteiger partial charge in [-0.25, -0.2) is 9.31 Å². The summed E-state index contributed by atoms with van der Waals surface area (Å²) >= 11 is 3.23. The zero-order chi connectivity index (χ0) is 14.0. The SMILES string of the molecule is CCOC(=O)c1cc(Br)cc2c(C=C(F)F)cnn12. The van der Waals surface area contributed by atoms with E-state index in [4.69, 9.17) is 4.74 Å². The first-order valence-corrected chi connectivity index (χ1v) is 6.19. The highest BCUT2D eigenvalue weighted by Gasteiger charge is 2.15. The van der Waals surface area contributed by atoms with Crippen LogP contribution in [0.25, 0.3) is 11.6 Å². The van der Waals surface area contributed by atoms with E-state index in [0.717, 1.165) is 0 Å². The second kappa shape index (κ2) is 5.48. The third-order valence-electron chi connectivity index (χ3n) is 2.36. The van der Waals surface area contributed by atoms with Gasteiger partial charge in [0.15, 0.2) is 5.69 Å². The molecule has 7 heteroatoms. The van der Waals surface area contributed by atoms with Gasteiger partial charge in [-0.1, -0.05) is 15.9 Å². The fourth-order valence-corrected chi connectivity index (χ4v) is 2.08. The molecule has 0 fully saturated rings. The fraction of sp³-hybridized carbons (Fsp3) is 0.167. The normalized spacial score (nSPS) is 10.5. The second-order valence-corrected chi connectivity index (χ2v) is 4.53. The van der Waals surface area contributed by atoms with Crippen LogP contribution in [-0.4, -0.2) is 22.2 Å². The van der Waals surface area contributed by atoms with E-state index in [2.05, 4.69) is 21.0 Å². The Balaban J connectivity index is 2.64. The molecule has 4 nitrogen and oxygen atoms in total. The Morgan fingerprint density at radius 1 is 1.53 bits per heavy atom. The summed E-state index contributed by atoms with van der Waals surface area (Å²) in [7, 11) is 0. The number of hydrogen-bond acceptors (Lipinski definition) is 3. The van der Waals surface area contributed by atoms with Crippen molar-refractivity contribution in [3.8, 4) is 0 Å². The molecule has 0 saturated heterocycles. The number of fused-ring (bicyclic) bond motifs is 1. The van der Waals surface area contributed by atoms with Crippen molar-refractivity contribution < 1.29 is 18.3 Å². The lowest BCUT2D eigenvalue weighted by Gasteiger charge is -2.05. The van der Waals surface area contributed by atoms with Gasteiger partial charge in [0, 0.05) is 16.1 Å². The number of hydrogen-bond donors (Lipinski definition) is 0. The highest BCUT2D eigenvalue weighted by molar-refractivity contribution is 9.10. The molecule has 2 heterocycles. The molecule has 0 spiro atoms. The van der Waals surface area contributed by atoms with Gasteiger partial charge in [-0.2, -0.15) is 13.9 Å². The summed E-state index contributed by atoms with van der Waals surface area (Å²) in [6.45, 7) is 1.91. The van der Waals surface area contributed by atoms with E-state index in [1.54, 1.807) is 13.0 Å². The molecule has 0 amide bonds. The van der Waals surface area contributed by atoms with Crippen LogP contribution in [-0.2, 0) is 4.74 Å². The summed E-state index contributed by atoms with van der Waals surface area (Å²) in [4.78, 5) is 11.8. The lowest BCUT2D eigenvalue weighted by Crippen LogP contribution is -2.11. The van der Waals surface area contributed by atoms with Gasteiger partial charge in [-0.15, -0.1) is 0 Å². The summed E-state index contributed by atoms with van der Waals surface area (Å²) in [5.41, 5.74) is 0.794. The molecule has 19 heavy (non-hydrogen) atoms. The zero-order valence-corrected chi connectivity index (χ0v) is 11.4. The lowest BCUT2D eigenvalue weighted by molar-refractivity contribution is 0.0516. The molecule has 0 N–H and O–H groups in total. The molecular formula is C12H9BrF2N2O2. The lowest BCUT2D eigenvalue weighted by atomic mass is 10.2. The summed E-state index contributed by atoms with van der Waals surface area (Å²) in [6.07, 6.45) is 0.139. The summed E-state index contributed by atoms with van der Waals surface area (Å²) < 4.78 is 31.4. The molecule has 0 aliphatic heterocycles. The van der Waals surface area contributed by atoms with E-state index in [1.807, 2.05) is 0 Å². The Bertz CT molecular complexity index is 663. The van der Waals surface area contributed by atoms with Gasteiger partial charge in [0.2, 0.25) is 0 Å². The van der Waals surface area contributed by atoms with Crippen LogP contribution in [0.1, 0.15) is 23.0 Å². The van der Waals surface area contributed by atoms with Gasteiger partial charge >= 0.3 is 5.97 Å². The second-order valence-electron chi connectivity index (χ2n) is 3.61. The average molecular weight is 331 g/mol. The number of ether oxygens (including phenoxy) is 1. The average Bonchev–Trinajstić information content (AvgIpc) is 2.71. The topological polar surface area (TPSA) is 43.6 Å². The van der Waals surface area contributed by atoms with Crippen LogP contribution in [0, 0.1) is 0 Å². The first kappa shape index (κ1) is 13.7. The Kier molecular flexibility index (Phi) is 3.94. The largest absolute Gasteiger partial charge is 0.461 e. The number of esters is 1. The monoisotopic (exact) mass is 330 g/mol. The number of aromatic nitrogens is 2. The minimum atomic E-state index is -1.83. The molecule has 2 aromatic heterocycles. The van der Waals surface area contributed by atoms with Crippen molar-refractivity contribution >= 4 is 33.5 Å². The molecular weight excluding hydrogens is 322 g/mol. The van der Waals surface area contributed by atoms with E-state index in [0.29, 0.717) is 16.1 Å². The third kappa shape index (κ3) is 2.81. The number of rotatable bonds is 3. The van der Waals surface area contributed by atoms with E-state index in [-0.39, 0.29) is 17.9 Å². The summed E-state index contributed by atoms with van der Waals surface area (Å²) in [5, 5.41) is 3.93. The van der Waals surface area contributed by atoms with Gasteiger partial charge in [0.1, 0.15) is 0 Å². The Hall–Kier alpha value is -1.76. The van der Waals surface area contributed by atoms with Crippen molar-refractivity contribution in [1.82, 2.24) is 9.61 Å². The van der Waals surface area contributed by atoms with Crippen LogP contribution < -0.4 is 0 Å². The van der Waals surface area contributed by atoms with Crippen molar-refractivity contribution in [2.75, 3.05) is 6.61 Å². The van der Waals surface area contributed by atoms with Gasteiger partial charge in [0.05, 0.1) is 18.3 Å². The number of carbonyl (C=O) groups excluding carboxylic acids is 1. The Labute approximate surface area is 115 Å². The third-order valence-corrected chi connectivity index (χ3v) is 2.82. The summed E-state index contributed by atoms with van der Waals surface area (Å²) in [6, 6.07) is 3.13. The van der Waals surface area contributed by atoms with Crippen LogP contribution in [0.15, 0.2) is 28.9 Å². The predicted octanol–water partition coefficient (Wildman–Crippen LogP) is 3.51. The quantitative estimate of drug-likeness (QED) is 0.809. The van der Waals surface area contributed by atoms with Crippen molar-refractivity contribution in [3.63, 3.8) is 0 Å². The van der Waals surface area contributed by atoms with E-state index >= 15 is 0 Å². The smallest absolute Gasteiger partial charge is 0.357 e. The first-order chi connectivity index (χ1) is 9.02. The first-order valence-electron chi connectivity index (χ1n) is 5.40. The fourth-order valence-electron chi connectivity index (χ4n) is 1.65. The molecule has 0 aliphatic rings. The van der Waals surface area contributed by atoms with Crippen molar-refractivity contribution in [1.29, 1.82) is 0 Å². The Morgan fingerprint density at radius 3 is 2.89 bits per heavy atom. The zero-order valence-electron chi connectivity index (χ0n) is 9.86. The van der Waals surface area contributed by atoms with Crippen molar-refractivity contribution in [2.45, 2.75) is 6.92 Å². The standard InChI is InChI=1S/C12H9BrF2N2O2/c1-2-19-12(18)10-5-8(13)4-9-7(3-11(14)15)6-16-17(9)10/h3-6H,2H2,1H3. The molecule has 2 rings (SSSR count). The van der Waals surface area contributed by atoms with Gasteiger partial charge in [0.25, 0.3) is 6.08 Å². The van der Waals surface area contributed by atoms with Crippen molar-refractivity contribution in [2.24, 2.45) is 0 Å². The number of pyridine rings is 1. The maximum Gasteiger partial charge on any atom is 0.357 e. The van der Waals surface area contributed by atoms with Gasteiger partial charge in [-0.3, -0.25) is 0 Å². The van der Waals surface area contributed by atoms with Crippen LogP contribution in [0.3, 0.4) is 0 Å². The molecule has 0 radical (unpaired) electrons.